The minimum atomic E-state index is -1.17. The van der Waals surface area contributed by atoms with E-state index in [9.17, 15) is 79.3 Å². The van der Waals surface area contributed by atoms with Crippen LogP contribution in [-0.4, -0.2) is 184 Å². The number of nitro groups is 5. The molecule has 6 aromatic rings. The predicted octanol–water partition coefficient (Wildman–Crippen LogP) is 36.3. The van der Waals surface area contributed by atoms with Crippen LogP contribution in [0.4, 0.5) is 34.1 Å². The number of carboxylic acid groups (broad SMARTS) is 2. The van der Waals surface area contributed by atoms with E-state index in [1.54, 1.807) is 74.3 Å². The van der Waals surface area contributed by atoms with Crippen molar-refractivity contribution >= 4 is 290 Å². The van der Waals surface area contributed by atoms with Gasteiger partial charge in [0, 0.05) is 122 Å². The van der Waals surface area contributed by atoms with Crippen LogP contribution in [0.3, 0.4) is 0 Å². The average Bonchev–Trinajstić information content (AvgIpc) is 0.816. The normalized spacial score (nSPS) is 8.05. The number of nitrogen functional groups attached to an aromatic ring is 1. The molecule has 6 aromatic carbocycles. The van der Waals surface area contributed by atoms with Crippen LogP contribution in [0.1, 0.15) is 341 Å². The van der Waals surface area contributed by atoms with Crippen LogP contribution in [-0.2, 0) is 55.6 Å². The number of methoxy groups -OCH3 is 4. The number of non-ortho nitro benzene ring substituents is 5. The number of rotatable bonds is 9. The van der Waals surface area contributed by atoms with E-state index in [0.29, 0.717) is 68.2 Å². The Morgan fingerprint density at radius 2 is 0.565 bits per heavy atom. The average molecular weight is 3310 g/mol. The Balaban J connectivity index is -0.0000000358. The Labute approximate surface area is 1030 Å². The third kappa shape index (κ3) is 156. The molecule has 0 fully saturated rings. The fraction of sp³-hybridized carbons (Fsp3) is 0.560. The first-order chi connectivity index (χ1) is 65.9. The number of cyclic esters (lactones) is 2. The van der Waals surface area contributed by atoms with Gasteiger partial charge in [-0.2, -0.15) is 0 Å². The maximum absolute atomic E-state index is 11.2. The number of hydrogen-bond donors (Lipinski definition) is 7. The quantitative estimate of drug-likeness (QED) is 0.00813. The molecular weight excluding hydrogens is 3110 g/mol. The molecule has 0 saturated carbocycles. The molecule has 881 valence electrons. The van der Waals surface area contributed by atoms with Gasteiger partial charge in [-0.25, -0.2) is 28.8 Å². The molecule has 8 rings (SSSR count). The van der Waals surface area contributed by atoms with Crippen molar-refractivity contribution in [1.29, 1.82) is 0 Å². The number of nitrogens with two attached hydrogens (primary N) is 1. The Bertz CT molecular complexity index is 3600. The summed E-state index contributed by atoms with van der Waals surface area (Å²) in [7, 11) is 10.4. The van der Waals surface area contributed by atoms with Gasteiger partial charge in [-0.15, -0.1) is 0 Å². The van der Waals surface area contributed by atoms with E-state index in [-0.39, 0.29) is 121 Å². The SMILES string of the molecule is C.C.C.C.C.C.CB(O)O.CC.CC.CC.CC.CC.CC.CC.CC.CC.CC.CC.CC.CC.CC(I)I.CCI.CCI.CI.CO.CO.COC.COC.COC(=O)c1cc([N+](=O)[O-])ccc1C.COC(=O)c1cc([N+](=O)[O-])ccc1C.Cc1ccc([N+](=O)[O-])cc1C(=O)O.Cc1ccc([N+](=O)[O-])cc1C(=O)O.Nc1ccc2c(c1)C(=O)OCC2.O=C1OCCc2ccc([N+](=O)[O-])cc21.[CH3-].[CH3-].[I][V]([I])[I].[I][V][I]. The number of carbonyl (C=O) groups excluding carboxylic acids is 4. The molecule has 8 N–H and O–H groups in total. The Hall–Kier alpha value is -2.77. The number of aliphatic hydroxyl groups is 2. The van der Waals surface area contributed by atoms with E-state index in [2.05, 4.69) is 253 Å². The zero-order chi connectivity index (χ0) is 116. The van der Waals surface area contributed by atoms with E-state index in [4.69, 9.17) is 45.7 Å². The van der Waals surface area contributed by atoms with Crippen molar-refractivity contribution in [2.75, 3.05) is 89.6 Å². The molecule has 0 atom stereocenters. The van der Waals surface area contributed by atoms with E-state index in [0.717, 1.165) is 45.8 Å². The molecule has 2 heterocycles. The zero-order valence-electron chi connectivity index (χ0n) is 91.9. The van der Waals surface area contributed by atoms with Crippen molar-refractivity contribution in [2.45, 2.75) is 295 Å². The van der Waals surface area contributed by atoms with Gasteiger partial charge in [0.05, 0.1) is 87.4 Å². The first kappa shape index (κ1) is 227. The summed E-state index contributed by atoms with van der Waals surface area (Å²) in [5.74, 6) is -4.17. The third-order valence-electron chi connectivity index (χ3n) is 11.1. The fourth-order valence-corrected chi connectivity index (χ4v) is 6.77. The van der Waals surface area contributed by atoms with Gasteiger partial charge in [0.25, 0.3) is 28.4 Å². The van der Waals surface area contributed by atoms with Crippen molar-refractivity contribution in [3.63, 3.8) is 0 Å². The number of hydrogen-bond acceptors (Lipinski definition) is 27. The number of benzene rings is 6. The number of ether oxygens (including phenoxy) is 6. The number of aliphatic hydroxyl groups excluding tert-OH is 2. The van der Waals surface area contributed by atoms with Gasteiger partial charge in [-0.1, -0.05) is 388 Å². The molecule has 147 heavy (non-hydrogen) atoms. The summed E-state index contributed by atoms with van der Waals surface area (Å²) in [5.41, 5.74) is 10.9. The van der Waals surface area contributed by atoms with Crippen LogP contribution in [0.5, 0.6) is 0 Å². The van der Waals surface area contributed by atoms with Crippen molar-refractivity contribution in [3.05, 3.63) is 241 Å². The fourth-order valence-electron chi connectivity index (χ4n) is 6.77. The van der Waals surface area contributed by atoms with E-state index in [1.807, 2.05) is 191 Å². The number of nitro benzene ring substituents is 5. The zero-order valence-corrected chi connectivity index (χ0v) is 116. The number of aryl methyl sites for hydroxylation is 4. The number of halogens is 10. The van der Waals surface area contributed by atoms with E-state index >= 15 is 0 Å². The van der Waals surface area contributed by atoms with Crippen LogP contribution in [0, 0.1) is 93.1 Å². The summed E-state index contributed by atoms with van der Waals surface area (Å²) >= 11 is 23.5. The van der Waals surface area contributed by atoms with Gasteiger partial charge >= 0.3 is 157 Å². The van der Waals surface area contributed by atoms with Gasteiger partial charge < -0.3 is 79.5 Å². The molecule has 0 amide bonds. The monoisotopic (exact) mass is 3310 g/mol. The number of aromatic carboxylic acids is 2. The number of anilines is 1. The topological polar surface area (TPSA) is 521 Å². The summed E-state index contributed by atoms with van der Waals surface area (Å²) in [4.78, 5) is 117. The number of alkyl halides is 5. The molecule has 0 spiro atoms. The van der Waals surface area contributed by atoms with Gasteiger partial charge in [0.15, 0.2) is 0 Å². The molecule has 47 heteroatoms. The minimum absolute atomic E-state index is 0. The Morgan fingerprint density at radius 1 is 0.415 bits per heavy atom. The second-order valence-corrected chi connectivity index (χ2v) is 75.5. The molecule has 0 aromatic heterocycles. The first-order valence-electron chi connectivity index (χ1n) is 43.6. The second-order valence-electron chi connectivity index (χ2n) is 19.2. The number of carbonyl (C=O) groups is 6. The van der Waals surface area contributed by atoms with Gasteiger partial charge in [-0.05, 0) is 101 Å². The second kappa shape index (κ2) is 188. The number of esters is 4. The summed E-state index contributed by atoms with van der Waals surface area (Å²) in [6.07, 6.45) is 1.42. The molecule has 2 aliphatic heterocycles. The molecule has 0 unspecified atom stereocenters. The van der Waals surface area contributed by atoms with Crippen LogP contribution in [0.25, 0.3) is 0 Å². The van der Waals surface area contributed by atoms with Crippen LogP contribution < -0.4 is 5.73 Å². The van der Waals surface area contributed by atoms with Crippen LogP contribution in [0.15, 0.2) is 109 Å². The number of carboxylic acids is 2. The number of fused-ring (bicyclic) bond motifs is 2. The van der Waals surface area contributed by atoms with Crippen LogP contribution >= 0.6 is 213 Å². The van der Waals surface area contributed by atoms with Crippen molar-refractivity contribution < 1.29 is 127 Å². The third-order valence-corrected chi connectivity index (χ3v) is 11.1. The Morgan fingerprint density at radius 3 is 0.735 bits per heavy atom. The predicted molar refractivity (Wildman–Crippen MR) is 715 cm³/mol. The van der Waals surface area contributed by atoms with Crippen molar-refractivity contribution in [1.82, 2.24) is 0 Å². The molecule has 34 nitrogen and oxygen atoms in total. The summed E-state index contributed by atoms with van der Waals surface area (Å²) < 4.78 is 30.3. The van der Waals surface area contributed by atoms with Gasteiger partial charge in [-0.3, -0.25) is 50.6 Å². The van der Waals surface area contributed by atoms with Gasteiger partial charge in [0.2, 0.25) is 0 Å². The molecule has 0 aliphatic carbocycles. The first-order valence-corrected chi connectivity index (χ1v) is 73.8. The standard InChI is InChI=1S/C9H7NO4.2C9H9NO4.C9H9NO2.2C8H7NO4.C2H4I2.2C2H5I.2C2H6O.13C2H6.CH5BO2.CH3I.2CH4O.6CH4.2CH3.5HI.2V/c11-9-8-5-7(10(12)13)2-1-6(8)3-4-14-9;2*1-6-3-4-7(10(12)13)5-8(6)9(11)14-2;10-7-2-1-6-3-4-12-9(11)8(6)5-7;2*1-5-2-3-6(9(12)13)4-7(5)8(10)11;1-2(3)4;2*1-2-3;2*1-3-2;13*1-2;1-2(3)4;3*1-2;;;;;;;;;;;;;;;/h1-2,5H,3-4H2;2*3-5H,1-2H3;1-2,5H,3-4,10H2;2*2-4H,1H3,(H,10,11);2H,1H3;2*2H2,1H3;2*1-2H3;13*1-2H3;3-4H,1H3;1H3;2*2H,1H3;6*1H4;2*1H3;5*1H;;/q;;;;;;;;;;;;;;;;;;;;;;;;;;;;;;;;;;2*-1;;;;;;+2;+3/p-5. The van der Waals surface area contributed by atoms with E-state index in [1.165, 1.54) is 103 Å². The molecular formula is C100H198BI10N6O28V2-2. The van der Waals surface area contributed by atoms with Crippen molar-refractivity contribution in [3.8, 4) is 0 Å². The number of nitrogens with zero attached hydrogens (tertiary/aromatic N) is 5. The van der Waals surface area contributed by atoms with Gasteiger partial charge in [0.1, 0.15) is 0 Å². The molecule has 2 aliphatic rings. The Kier molecular flexibility index (Phi) is 290. The van der Waals surface area contributed by atoms with E-state index < -0.39 is 61.6 Å². The summed E-state index contributed by atoms with van der Waals surface area (Å²) in [6, 6.07) is 25.3. The van der Waals surface area contributed by atoms with Crippen LogP contribution in [0.2, 0.25) is 6.82 Å². The molecule has 0 radical (unpaired) electrons. The summed E-state index contributed by atoms with van der Waals surface area (Å²) in [5, 5.41) is 98.4. The molecule has 0 bridgehead atoms. The van der Waals surface area contributed by atoms with Crippen molar-refractivity contribution in [2.24, 2.45) is 0 Å². The summed E-state index contributed by atoms with van der Waals surface area (Å²) in [6.45, 7) is 67.0. The molecule has 0 saturated heterocycles. The maximum atomic E-state index is 11.2.